The van der Waals surface area contributed by atoms with Crippen molar-refractivity contribution in [1.82, 2.24) is 4.98 Å². The molecule has 68 valence electrons. The number of fused-ring (bicyclic) bond motifs is 1. The maximum absolute atomic E-state index is 11.0. The molecule has 0 saturated carbocycles. The van der Waals surface area contributed by atoms with Gasteiger partial charge in [-0.3, -0.25) is 4.79 Å². The zero-order valence-corrected chi connectivity index (χ0v) is 7.58. The highest BCUT2D eigenvalue weighted by atomic mass is 16.1. The van der Waals surface area contributed by atoms with E-state index in [2.05, 4.69) is 10.9 Å². The lowest BCUT2D eigenvalue weighted by Crippen LogP contribution is -2.02. The average Bonchev–Trinajstić information content (AvgIpc) is 2.19. The molecule has 0 aliphatic heterocycles. The molecular weight excluding hydrogens is 174 g/mol. The van der Waals surface area contributed by atoms with E-state index in [4.69, 9.17) is 6.42 Å². The van der Waals surface area contributed by atoms with Crippen LogP contribution in [0.5, 0.6) is 0 Å². The van der Waals surface area contributed by atoms with Crippen molar-refractivity contribution in [2.45, 2.75) is 6.42 Å². The Labute approximate surface area is 81.6 Å². The van der Waals surface area contributed by atoms with Crippen LogP contribution < -0.4 is 5.56 Å². The lowest BCUT2D eigenvalue weighted by atomic mass is 10.1. The number of aromatic amines is 1. The van der Waals surface area contributed by atoms with Crippen LogP contribution >= 0.6 is 0 Å². The van der Waals surface area contributed by atoms with Crippen molar-refractivity contribution in [2.24, 2.45) is 0 Å². The van der Waals surface area contributed by atoms with Crippen LogP contribution in [0.2, 0.25) is 0 Å². The molecule has 0 fully saturated rings. The molecule has 1 heterocycles. The van der Waals surface area contributed by atoms with Crippen molar-refractivity contribution in [3.63, 3.8) is 0 Å². The summed E-state index contributed by atoms with van der Waals surface area (Å²) in [5, 5.41) is 1.01. The molecule has 2 heteroatoms. The number of hydrogen-bond acceptors (Lipinski definition) is 1. The fraction of sp³-hybridized carbons (Fsp3) is 0.0833. The zero-order valence-electron chi connectivity index (χ0n) is 7.58. The first-order chi connectivity index (χ1) is 6.79. The largest absolute Gasteiger partial charge is 0.322 e. The normalized spacial score (nSPS) is 9.93. The number of nitrogens with one attached hydrogen (secondary N) is 1. The second-order valence-corrected chi connectivity index (χ2v) is 3.13. The highest BCUT2D eigenvalue weighted by Crippen LogP contribution is 2.12. The first-order valence-corrected chi connectivity index (χ1v) is 4.35. The van der Waals surface area contributed by atoms with Gasteiger partial charge in [0.25, 0.3) is 0 Å². The van der Waals surface area contributed by atoms with Gasteiger partial charge >= 0.3 is 0 Å². The summed E-state index contributed by atoms with van der Waals surface area (Å²) in [6, 6.07) is 9.11. The summed E-state index contributed by atoms with van der Waals surface area (Å²) in [7, 11) is 0. The van der Waals surface area contributed by atoms with Gasteiger partial charge in [0.2, 0.25) is 5.56 Å². The Bertz CT molecular complexity index is 560. The van der Waals surface area contributed by atoms with Crippen molar-refractivity contribution in [3.05, 3.63) is 46.2 Å². The summed E-state index contributed by atoms with van der Waals surface area (Å²) in [4.78, 5) is 13.8. The molecule has 0 unspecified atom stereocenters. The SMILES string of the molecule is C#CCc1ccc2[nH]c(=O)ccc2c1. The molecule has 0 spiro atoms. The highest BCUT2D eigenvalue weighted by molar-refractivity contribution is 5.78. The Hall–Kier alpha value is -2.01. The van der Waals surface area contributed by atoms with Crippen LogP contribution in [0.1, 0.15) is 5.56 Å². The molecule has 0 bridgehead atoms. The molecule has 0 saturated heterocycles. The van der Waals surface area contributed by atoms with Gasteiger partial charge in [-0.15, -0.1) is 12.3 Å². The van der Waals surface area contributed by atoms with E-state index in [1.807, 2.05) is 18.2 Å². The zero-order chi connectivity index (χ0) is 9.97. The van der Waals surface area contributed by atoms with Crippen molar-refractivity contribution in [2.75, 3.05) is 0 Å². The van der Waals surface area contributed by atoms with E-state index in [-0.39, 0.29) is 5.56 Å². The summed E-state index contributed by atoms with van der Waals surface area (Å²) < 4.78 is 0. The summed E-state index contributed by atoms with van der Waals surface area (Å²) in [5.74, 6) is 2.59. The molecule has 0 amide bonds. The molecule has 1 aromatic heterocycles. The highest BCUT2D eigenvalue weighted by Gasteiger charge is 1.95. The van der Waals surface area contributed by atoms with Gasteiger partial charge in [-0.1, -0.05) is 6.07 Å². The summed E-state index contributed by atoms with van der Waals surface area (Å²) in [6.07, 6.45) is 5.84. The van der Waals surface area contributed by atoms with Gasteiger partial charge in [-0.05, 0) is 29.1 Å². The van der Waals surface area contributed by atoms with Crippen LogP contribution in [0.3, 0.4) is 0 Å². The maximum Gasteiger partial charge on any atom is 0.248 e. The number of benzene rings is 1. The predicted octanol–water partition coefficient (Wildman–Crippen LogP) is 1.70. The molecule has 14 heavy (non-hydrogen) atoms. The molecule has 0 atom stereocenters. The second-order valence-electron chi connectivity index (χ2n) is 3.13. The van der Waals surface area contributed by atoms with Crippen molar-refractivity contribution in [1.29, 1.82) is 0 Å². The second kappa shape index (κ2) is 3.39. The lowest BCUT2D eigenvalue weighted by Gasteiger charge is -1.99. The number of H-pyrrole nitrogens is 1. The molecule has 0 radical (unpaired) electrons. The van der Waals surface area contributed by atoms with Crippen molar-refractivity contribution >= 4 is 10.9 Å². The third kappa shape index (κ3) is 1.53. The minimum atomic E-state index is -0.0813. The third-order valence-corrected chi connectivity index (χ3v) is 2.09. The Morgan fingerprint density at radius 1 is 1.29 bits per heavy atom. The standard InChI is InChI=1S/C12H9NO/c1-2-3-9-4-6-11-10(8-9)5-7-12(14)13-11/h1,4-8H,3H2,(H,13,14). The molecule has 0 aliphatic rings. The number of hydrogen-bond donors (Lipinski definition) is 1. The fourth-order valence-corrected chi connectivity index (χ4v) is 1.43. The number of aromatic nitrogens is 1. The van der Waals surface area contributed by atoms with Crippen LogP contribution in [0.4, 0.5) is 0 Å². The Kier molecular flexibility index (Phi) is 2.08. The van der Waals surface area contributed by atoms with Crippen molar-refractivity contribution in [3.8, 4) is 12.3 Å². The first-order valence-electron chi connectivity index (χ1n) is 4.35. The molecule has 1 aromatic carbocycles. The van der Waals surface area contributed by atoms with Gasteiger partial charge < -0.3 is 4.98 Å². The summed E-state index contributed by atoms with van der Waals surface area (Å²) in [6.45, 7) is 0. The molecule has 2 rings (SSSR count). The molecular formula is C12H9NO. The maximum atomic E-state index is 11.0. The number of terminal acetylenes is 1. The lowest BCUT2D eigenvalue weighted by molar-refractivity contribution is 1.28. The molecule has 1 N–H and O–H groups in total. The van der Waals surface area contributed by atoms with Crippen LogP contribution in [0.15, 0.2) is 35.1 Å². The number of pyridine rings is 1. The van der Waals surface area contributed by atoms with Crippen LogP contribution in [0.25, 0.3) is 10.9 Å². The van der Waals surface area contributed by atoms with Gasteiger partial charge in [-0.2, -0.15) is 0 Å². The summed E-state index contributed by atoms with van der Waals surface area (Å²) >= 11 is 0. The summed E-state index contributed by atoms with van der Waals surface area (Å²) in [5.41, 5.74) is 1.85. The average molecular weight is 183 g/mol. The van der Waals surface area contributed by atoms with E-state index in [0.717, 1.165) is 16.5 Å². The minimum absolute atomic E-state index is 0.0813. The van der Waals surface area contributed by atoms with E-state index >= 15 is 0 Å². The van der Waals surface area contributed by atoms with Gasteiger partial charge in [-0.25, -0.2) is 0 Å². The predicted molar refractivity (Wildman–Crippen MR) is 57.1 cm³/mol. The Morgan fingerprint density at radius 2 is 2.14 bits per heavy atom. The van der Waals surface area contributed by atoms with E-state index in [1.165, 1.54) is 6.07 Å². The minimum Gasteiger partial charge on any atom is -0.322 e. The smallest absolute Gasteiger partial charge is 0.248 e. The van der Waals surface area contributed by atoms with Gasteiger partial charge in [0.05, 0.1) is 0 Å². The Balaban J connectivity index is 2.63. The van der Waals surface area contributed by atoms with E-state index in [9.17, 15) is 4.79 Å². The monoisotopic (exact) mass is 183 g/mol. The van der Waals surface area contributed by atoms with Crippen LogP contribution in [0, 0.1) is 12.3 Å². The molecule has 2 nitrogen and oxygen atoms in total. The number of rotatable bonds is 1. The van der Waals surface area contributed by atoms with E-state index in [1.54, 1.807) is 6.07 Å². The fourth-order valence-electron chi connectivity index (χ4n) is 1.43. The van der Waals surface area contributed by atoms with E-state index < -0.39 is 0 Å². The Morgan fingerprint density at radius 3 is 2.93 bits per heavy atom. The molecule has 0 aliphatic carbocycles. The quantitative estimate of drug-likeness (QED) is 0.671. The van der Waals surface area contributed by atoms with Gasteiger partial charge in [0, 0.05) is 18.0 Å². The topological polar surface area (TPSA) is 32.9 Å². The van der Waals surface area contributed by atoms with Gasteiger partial charge in [0.15, 0.2) is 0 Å². The third-order valence-electron chi connectivity index (χ3n) is 2.09. The van der Waals surface area contributed by atoms with Crippen molar-refractivity contribution < 1.29 is 0 Å². The first kappa shape index (κ1) is 8.58. The molecule has 2 aromatic rings. The van der Waals surface area contributed by atoms with E-state index in [0.29, 0.717) is 6.42 Å². The van der Waals surface area contributed by atoms with Crippen LogP contribution in [-0.2, 0) is 6.42 Å². The van der Waals surface area contributed by atoms with Crippen LogP contribution in [-0.4, -0.2) is 4.98 Å². The van der Waals surface area contributed by atoms with Gasteiger partial charge in [0.1, 0.15) is 0 Å².